The van der Waals surface area contributed by atoms with Crippen LogP contribution < -0.4 is 0 Å². The first kappa shape index (κ1) is 11.6. The fourth-order valence-corrected chi connectivity index (χ4v) is 0.791. The molecule has 5 nitrogen and oxygen atoms in total. The van der Waals surface area contributed by atoms with Crippen LogP contribution in [0.15, 0.2) is 0 Å². The molecule has 74 valence electrons. The van der Waals surface area contributed by atoms with Crippen molar-refractivity contribution in [2.24, 2.45) is 5.92 Å². The molecule has 0 unspecified atom stereocenters. The molecule has 0 aromatic carbocycles. The zero-order valence-electron chi connectivity index (χ0n) is 7.90. The van der Waals surface area contributed by atoms with Gasteiger partial charge in [-0.05, 0) is 0 Å². The summed E-state index contributed by atoms with van der Waals surface area (Å²) in [5, 5.41) is 8.42. The molecule has 0 fully saturated rings. The summed E-state index contributed by atoms with van der Waals surface area (Å²) in [6.45, 7) is 3.83. The lowest BCUT2D eigenvalue weighted by Crippen LogP contribution is -2.41. The maximum absolute atomic E-state index is 11.3. The number of carbonyl (C=O) groups is 3. The summed E-state index contributed by atoms with van der Waals surface area (Å²) in [4.78, 5) is 33.2. The predicted molar refractivity (Wildman–Crippen MR) is 44.9 cm³/mol. The molecule has 0 saturated carbocycles. The van der Waals surface area contributed by atoms with Gasteiger partial charge in [-0.25, -0.2) is 0 Å². The topological polar surface area (TPSA) is 74.7 Å². The number of aliphatic carboxylic acids is 1. The van der Waals surface area contributed by atoms with Crippen LogP contribution in [0, 0.1) is 5.92 Å². The van der Waals surface area contributed by atoms with Gasteiger partial charge in [0.1, 0.15) is 6.54 Å². The molecular formula is C8H13NO4. The Morgan fingerprint density at radius 2 is 1.77 bits per heavy atom. The Balaban J connectivity index is 4.52. The molecule has 0 spiro atoms. The number of nitrogens with zero attached hydrogens (tertiary/aromatic N) is 1. The minimum atomic E-state index is -1.19. The number of rotatable bonds is 3. The minimum Gasteiger partial charge on any atom is -0.480 e. The van der Waals surface area contributed by atoms with E-state index in [1.54, 1.807) is 13.8 Å². The zero-order chi connectivity index (χ0) is 10.6. The Hall–Kier alpha value is -1.39. The van der Waals surface area contributed by atoms with Crippen molar-refractivity contribution in [1.82, 2.24) is 4.90 Å². The van der Waals surface area contributed by atoms with Gasteiger partial charge in [0, 0.05) is 12.8 Å². The second-order valence-electron chi connectivity index (χ2n) is 2.99. The molecule has 0 atom stereocenters. The lowest BCUT2D eigenvalue weighted by molar-refractivity contribution is -0.153. The molecule has 0 aliphatic rings. The fraction of sp³-hybridized carbons (Fsp3) is 0.625. The van der Waals surface area contributed by atoms with Crippen molar-refractivity contribution in [3.8, 4) is 0 Å². The third-order valence-corrected chi connectivity index (χ3v) is 1.43. The van der Waals surface area contributed by atoms with Crippen molar-refractivity contribution in [1.29, 1.82) is 0 Å². The third-order valence-electron chi connectivity index (χ3n) is 1.43. The van der Waals surface area contributed by atoms with Gasteiger partial charge >= 0.3 is 5.97 Å². The molecule has 0 rings (SSSR count). The van der Waals surface area contributed by atoms with Crippen molar-refractivity contribution in [3.05, 3.63) is 0 Å². The van der Waals surface area contributed by atoms with Crippen molar-refractivity contribution >= 4 is 17.8 Å². The first-order chi connectivity index (χ1) is 5.86. The van der Waals surface area contributed by atoms with Crippen molar-refractivity contribution in [3.63, 3.8) is 0 Å². The Labute approximate surface area is 76.3 Å². The minimum absolute atomic E-state index is 0.372. The average Bonchev–Trinajstić information content (AvgIpc) is 1.97. The largest absolute Gasteiger partial charge is 0.480 e. The van der Waals surface area contributed by atoms with Crippen molar-refractivity contribution < 1.29 is 19.5 Å². The molecule has 0 aliphatic heterocycles. The fourth-order valence-electron chi connectivity index (χ4n) is 0.791. The van der Waals surface area contributed by atoms with Gasteiger partial charge in [-0.1, -0.05) is 13.8 Å². The van der Waals surface area contributed by atoms with E-state index in [9.17, 15) is 14.4 Å². The van der Waals surface area contributed by atoms with E-state index in [2.05, 4.69) is 0 Å². The molecule has 2 amide bonds. The highest BCUT2D eigenvalue weighted by Gasteiger charge is 2.22. The molecule has 1 N–H and O–H groups in total. The number of carbonyl (C=O) groups excluding carboxylic acids is 2. The maximum atomic E-state index is 11.3. The number of imide groups is 1. The second kappa shape index (κ2) is 4.59. The Morgan fingerprint density at radius 1 is 1.31 bits per heavy atom. The second-order valence-corrected chi connectivity index (χ2v) is 2.99. The molecule has 0 radical (unpaired) electrons. The van der Waals surface area contributed by atoms with Crippen LogP contribution >= 0.6 is 0 Å². The zero-order valence-corrected chi connectivity index (χ0v) is 7.90. The average molecular weight is 187 g/mol. The number of carboxylic acid groups (broad SMARTS) is 1. The van der Waals surface area contributed by atoms with Crippen LogP contribution in [0.4, 0.5) is 0 Å². The summed E-state index contributed by atoms with van der Waals surface area (Å²) in [5.74, 6) is -2.57. The maximum Gasteiger partial charge on any atom is 0.323 e. The first-order valence-electron chi connectivity index (χ1n) is 3.90. The summed E-state index contributed by atoms with van der Waals surface area (Å²) in [6, 6.07) is 0. The highest BCUT2D eigenvalue weighted by molar-refractivity contribution is 5.97. The predicted octanol–water partition coefficient (Wildman–Crippen LogP) is 0.102. The van der Waals surface area contributed by atoms with Crippen LogP contribution in [0.2, 0.25) is 0 Å². The van der Waals surface area contributed by atoms with Gasteiger partial charge in [-0.2, -0.15) is 0 Å². The molecule has 0 saturated heterocycles. The quantitative estimate of drug-likeness (QED) is 0.680. The standard InChI is InChI=1S/C8H13NO4/c1-5(2)8(13)9(6(3)10)4-7(11)12/h5H,4H2,1-3H3,(H,11,12). The molecule has 0 aliphatic carbocycles. The van der Waals surface area contributed by atoms with Crippen molar-refractivity contribution in [2.45, 2.75) is 20.8 Å². The first-order valence-corrected chi connectivity index (χ1v) is 3.90. The molecule has 5 heteroatoms. The van der Waals surface area contributed by atoms with Crippen LogP contribution in [0.25, 0.3) is 0 Å². The van der Waals surface area contributed by atoms with Gasteiger partial charge in [0.2, 0.25) is 11.8 Å². The lowest BCUT2D eigenvalue weighted by atomic mass is 10.2. The highest BCUT2D eigenvalue weighted by Crippen LogP contribution is 2.01. The monoisotopic (exact) mass is 187 g/mol. The van der Waals surface area contributed by atoms with Crippen LogP contribution in [-0.4, -0.2) is 34.3 Å². The van der Waals surface area contributed by atoms with E-state index < -0.39 is 24.3 Å². The Kier molecular flexibility index (Phi) is 4.10. The van der Waals surface area contributed by atoms with Crippen LogP contribution in [-0.2, 0) is 14.4 Å². The number of hydrogen-bond acceptors (Lipinski definition) is 3. The number of hydrogen-bond donors (Lipinski definition) is 1. The van der Waals surface area contributed by atoms with Crippen LogP contribution in [0.1, 0.15) is 20.8 Å². The van der Waals surface area contributed by atoms with Gasteiger partial charge in [-0.15, -0.1) is 0 Å². The van der Waals surface area contributed by atoms with Gasteiger partial charge < -0.3 is 5.11 Å². The lowest BCUT2D eigenvalue weighted by Gasteiger charge is -2.18. The van der Waals surface area contributed by atoms with Gasteiger partial charge in [0.05, 0.1) is 0 Å². The molecule has 0 bridgehead atoms. The molecular weight excluding hydrogens is 174 g/mol. The van der Waals surface area contributed by atoms with E-state index in [1.165, 1.54) is 6.92 Å². The van der Waals surface area contributed by atoms with Gasteiger partial charge in [0.25, 0.3) is 0 Å². The van der Waals surface area contributed by atoms with E-state index >= 15 is 0 Å². The van der Waals surface area contributed by atoms with E-state index in [1.807, 2.05) is 0 Å². The van der Waals surface area contributed by atoms with Crippen LogP contribution in [0.3, 0.4) is 0 Å². The number of carboxylic acids is 1. The summed E-state index contributed by atoms with van der Waals surface area (Å²) in [6.07, 6.45) is 0. The van der Waals surface area contributed by atoms with Gasteiger partial charge in [-0.3, -0.25) is 19.3 Å². The Bertz CT molecular complexity index is 234. The highest BCUT2D eigenvalue weighted by atomic mass is 16.4. The van der Waals surface area contributed by atoms with Gasteiger partial charge in [0.15, 0.2) is 0 Å². The third kappa shape index (κ3) is 3.68. The van der Waals surface area contributed by atoms with Crippen molar-refractivity contribution in [2.75, 3.05) is 6.54 Å². The number of amides is 2. The van der Waals surface area contributed by atoms with E-state index in [0.29, 0.717) is 0 Å². The molecule has 0 aromatic rings. The summed E-state index contributed by atoms with van der Waals surface area (Å²) >= 11 is 0. The summed E-state index contributed by atoms with van der Waals surface area (Å²) in [7, 11) is 0. The normalized spacial score (nSPS) is 9.85. The van der Waals surface area contributed by atoms with E-state index in [0.717, 1.165) is 4.90 Å². The summed E-state index contributed by atoms with van der Waals surface area (Å²) in [5.41, 5.74) is 0. The molecule has 0 heterocycles. The van der Waals surface area contributed by atoms with Crippen LogP contribution in [0.5, 0.6) is 0 Å². The molecule has 13 heavy (non-hydrogen) atoms. The SMILES string of the molecule is CC(=O)N(CC(=O)O)C(=O)C(C)C. The smallest absolute Gasteiger partial charge is 0.323 e. The van der Waals surface area contributed by atoms with E-state index in [4.69, 9.17) is 5.11 Å². The Morgan fingerprint density at radius 3 is 2.00 bits per heavy atom. The van der Waals surface area contributed by atoms with E-state index in [-0.39, 0.29) is 5.92 Å². The summed E-state index contributed by atoms with van der Waals surface area (Å²) < 4.78 is 0. The molecule has 0 aromatic heterocycles.